The Bertz CT molecular complexity index is 574. The van der Waals surface area contributed by atoms with Crippen LogP contribution in [0.3, 0.4) is 0 Å². The molecule has 0 fully saturated rings. The lowest BCUT2D eigenvalue weighted by Crippen LogP contribution is -2.11. The number of thioether (sulfide) groups is 1. The molecule has 1 rings (SSSR count). The maximum atomic E-state index is 11.3. The highest BCUT2D eigenvalue weighted by Crippen LogP contribution is 2.23. The van der Waals surface area contributed by atoms with Crippen molar-refractivity contribution in [3.8, 4) is 0 Å². The van der Waals surface area contributed by atoms with E-state index >= 15 is 0 Å². The Morgan fingerprint density at radius 3 is 2.57 bits per heavy atom. The largest absolute Gasteiger partial charge is 0.366 e. The number of carbonyl (C=O) groups is 2. The molecular weight excluding hydrogens is 282 g/mol. The number of ketones is 1. The van der Waals surface area contributed by atoms with Gasteiger partial charge in [-0.05, 0) is 17.5 Å². The number of hydrogen-bond acceptors (Lipinski definition) is 3. The molecule has 0 saturated heterocycles. The summed E-state index contributed by atoms with van der Waals surface area (Å²) in [5.74, 6) is -0.416. The van der Waals surface area contributed by atoms with E-state index in [1.54, 1.807) is 37.3 Å². The number of amides is 1. The number of rotatable bonds is 7. The molecule has 0 aliphatic rings. The summed E-state index contributed by atoms with van der Waals surface area (Å²) in [6.45, 7) is 5.48. The van der Waals surface area contributed by atoms with Crippen molar-refractivity contribution in [1.29, 1.82) is 0 Å². The second-order valence-corrected chi connectivity index (χ2v) is 4.92. The van der Waals surface area contributed by atoms with Gasteiger partial charge in [0.25, 0.3) is 0 Å². The third kappa shape index (κ3) is 6.27. The van der Waals surface area contributed by atoms with Crippen LogP contribution in [0.5, 0.6) is 0 Å². The fourth-order valence-electron chi connectivity index (χ4n) is 1.42. The Hall–Kier alpha value is -2.07. The second-order valence-electron chi connectivity index (χ2n) is 3.97. The molecule has 3 nitrogen and oxygen atoms in total. The summed E-state index contributed by atoms with van der Waals surface area (Å²) in [4.78, 5) is 23.3. The standard InChI is InChI=1S/C16H17NO2S.CH4/c1-3-14(18)12(2)8-6-7-11-20-15-10-5-4-9-13(15)16(17)19;/h4-11H,2-3H2,1H3,(H2,17,19);1H4/b8-6-,11-7-;. The first-order valence-electron chi connectivity index (χ1n) is 6.17. The molecule has 0 aliphatic heterocycles. The molecule has 1 amide bonds. The van der Waals surface area contributed by atoms with Gasteiger partial charge in [-0.2, -0.15) is 0 Å². The number of allylic oxidation sites excluding steroid dienone is 4. The second kappa shape index (κ2) is 9.77. The SMILES string of the molecule is C.C=C(/C=C\C=C/Sc1ccccc1C(N)=O)C(=O)CC. The number of benzene rings is 1. The zero-order valence-corrected chi connectivity index (χ0v) is 12.2. The lowest BCUT2D eigenvalue weighted by molar-refractivity contribution is -0.114. The Morgan fingerprint density at radius 2 is 1.95 bits per heavy atom. The fourth-order valence-corrected chi connectivity index (χ4v) is 2.19. The average Bonchev–Trinajstić information content (AvgIpc) is 2.46. The van der Waals surface area contributed by atoms with E-state index < -0.39 is 5.91 Å². The van der Waals surface area contributed by atoms with Crippen LogP contribution in [-0.2, 0) is 4.79 Å². The predicted octanol–water partition coefficient (Wildman–Crippen LogP) is 4.12. The molecule has 112 valence electrons. The summed E-state index contributed by atoms with van der Waals surface area (Å²) in [6.07, 6.45) is 5.66. The molecule has 0 aliphatic carbocycles. The van der Waals surface area contributed by atoms with E-state index in [9.17, 15) is 9.59 Å². The van der Waals surface area contributed by atoms with Gasteiger partial charge in [0.15, 0.2) is 5.78 Å². The summed E-state index contributed by atoms with van der Waals surface area (Å²) >= 11 is 1.39. The minimum absolute atomic E-state index is 0. The third-order valence-electron chi connectivity index (χ3n) is 2.51. The molecule has 0 bridgehead atoms. The molecule has 0 heterocycles. The van der Waals surface area contributed by atoms with Crippen LogP contribution in [0.2, 0.25) is 0 Å². The summed E-state index contributed by atoms with van der Waals surface area (Å²) in [5.41, 5.74) is 6.28. The predicted molar refractivity (Wildman–Crippen MR) is 90.3 cm³/mol. The van der Waals surface area contributed by atoms with Gasteiger partial charge in [0.05, 0.1) is 5.56 Å². The zero-order chi connectivity index (χ0) is 15.0. The highest BCUT2D eigenvalue weighted by atomic mass is 32.2. The monoisotopic (exact) mass is 303 g/mol. The molecule has 4 heteroatoms. The smallest absolute Gasteiger partial charge is 0.249 e. The van der Waals surface area contributed by atoms with Gasteiger partial charge in [-0.1, -0.05) is 63.1 Å². The van der Waals surface area contributed by atoms with E-state index in [1.807, 2.05) is 17.5 Å². The highest BCUT2D eigenvalue weighted by molar-refractivity contribution is 8.02. The molecule has 0 aromatic heterocycles. The van der Waals surface area contributed by atoms with Crippen molar-refractivity contribution in [3.05, 3.63) is 65.6 Å². The average molecular weight is 303 g/mol. The van der Waals surface area contributed by atoms with Gasteiger partial charge in [0, 0.05) is 16.9 Å². The first-order chi connectivity index (χ1) is 9.56. The van der Waals surface area contributed by atoms with Crippen molar-refractivity contribution in [3.63, 3.8) is 0 Å². The van der Waals surface area contributed by atoms with Crippen LogP contribution < -0.4 is 5.73 Å². The number of nitrogens with two attached hydrogens (primary N) is 1. The van der Waals surface area contributed by atoms with Gasteiger partial charge in [0.1, 0.15) is 0 Å². The Balaban J connectivity index is 0.00000400. The molecule has 21 heavy (non-hydrogen) atoms. The van der Waals surface area contributed by atoms with Crippen LogP contribution >= 0.6 is 11.8 Å². The van der Waals surface area contributed by atoms with E-state index in [1.165, 1.54) is 11.8 Å². The molecule has 0 radical (unpaired) electrons. The van der Waals surface area contributed by atoms with Gasteiger partial charge in [0.2, 0.25) is 5.91 Å². The number of hydrogen-bond donors (Lipinski definition) is 1. The van der Waals surface area contributed by atoms with Crippen LogP contribution in [-0.4, -0.2) is 11.7 Å². The van der Waals surface area contributed by atoms with E-state index in [0.29, 0.717) is 17.6 Å². The van der Waals surface area contributed by atoms with E-state index in [0.717, 1.165) is 4.90 Å². The van der Waals surface area contributed by atoms with Crippen molar-refractivity contribution in [2.24, 2.45) is 5.73 Å². The number of carbonyl (C=O) groups excluding carboxylic acids is 2. The third-order valence-corrected chi connectivity index (χ3v) is 3.42. The molecule has 2 N–H and O–H groups in total. The van der Waals surface area contributed by atoms with Crippen molar-refractivity contribution in [2.75, 3.05) is 0 Å². The fraction of sp³-hybridized carbons (Fsp3) is 0.176. The van der Waals surface area contributed by atoms with E-state index in [-0.39, 0.29) is 13.2 Å². The number of Topliss-reactive ketones (excluding diaryl/α,β-unsaturated/α-hetero) is 1. The Morgan fingerprint density at radius 1 is 1.29 bits per heavy atom. The van der Waals surface area contributed by atoms with E-state index in [4.69, 9.17) is 5.73 Å². The highest BCUT2D eigenvalue weighted by Gasteiger charge is 2.05. The van der Waals surface area contributed by atoms with E-state index in [2.05, 4.69) is 6.58 Å². The zero-order valence-electron chi connectivity index (χ0n) is 11.3. The lowest BCUT2D eigenvalue weighted by atomic mass is 10.1. The van der Waals surface area contributed by atoms with Crippen molar-refractivity contribution >= 4 is 23.5 Å². The van der Waals surface area contributed by atoms with Crippen molar-refractivity contribution < 1.29 is 9.59 Å². The molecule has 0 saturated carbocycles. The quantitative estimate of drug-likeness (QED) is 0.468. The Kier molecular flexibility index (Phi) is 8.81. The molecule has 1 aromatic rings. The van der Waals surface area contributed by atoms with Crippen LogP contribution in [0.25, 0.3) is 0 Å². The first-order valence-corrected chi connectivity index (χ1v) is 7.05. The molecule has 0 atom stereocenters. The summed E-state index contributed by atoms with van der Waals surface area (Å²) < 4.78 is 0. The summed E-state index contributed by atoms with van der Waals surface area (Å²) in [6, 6.07) is 7.14. The van der Waals surface area contributed by atoms with Crippen LogP contribution in [0.1, 0.15) is 31.1 Å². The molecular formula is C17H21NO2S. The normalized spacial score (nSPS) is 10.5. The van der Waals surface area contributed by atoms with Gasteiger partial charge in [-0.15, -0.1) is 0 Å². The lowest BCUT2D eigenvalue weighted by Gasteiger charge is -2.01. The summed E-state index contributed by atoms with van der Waals surface area (Å²) in [5, 5.41) is 1.82. The van der Waals surface area contributed by atoms with Gasteiger partial charge in [-0.25, -0.2) is 0 Å². The van der Waals surface area contributed by atoms with Crippen LogP contribution in [0.15, 0.2) is 64.9 Å². The minimum Gasteiger partial charge on any atom is -0.366 e. The molecule has 0 spiro atoms. The van der Waals surface area contributed by atoms with Crippen LogP contribution in [0.4, 0.5) is 0 Å². The van der Waals surface area contributed by atoms with Crippen LogP contribution in [0, 0.1) is 0 Å². The molecule has 0 unspecified atom stereocenters. The first kappa shape index (κ1) is 18.9. The topological polar surface area (TPSA) is 60.2 Å². The maximum absolute atomic E-state index is 11.3. The summed E-state index contributed by atoms with van der Waals surface area (Å²) in [7, 11) is 0. The molecule has 1 aromatic carbocycles. The Labute approximate surface area is 130 Å². The van der Waals surface area contributed by atoms with Gasteiger partial charge < -0.3 is 5.73 Å². The minimum atomic E-state index is -0.445. The van der Waals surface area contributed by atoms with Gasteiger partial charge in [-0.3, -0.25) is 9.59 Å². The van der Waals surface area contributed by atoms with Crippen molar-refractivity contribution in [1.82, 2.24) is 0 Å². The number of primary amides is 1. The van der Waals surface area contributed by atoms with Crippen molar-refractivity contribution in [2.45, 2.75) is 25.7 Å². The van der Waals surface area contributed by atoms with Gasteiger partial charge >= 0.3 is 0 Å². The maximum Gasteiger partial charge on any atom is 0.249 e.